The maximum Gasteiger partial charge on any atom is 0.258 e. The van der Waals surface area contributed by atoms with Crippen molar-refractivity contribution in [3.63, 3.8) is 0 Å². The molecule has 3 rings (SSSR count). The van der Waals surface area contributed by atoms with E-state index < -0.39 is 0 Å². The van der Waals surface area contributed by atoms with Crippen molar-refractivity contribution >= 4 is 11.9 Å². The molecule has 2 aromatic rings. The molecule has 0 bridgehead atoms. The van der Waals surface area contributed by atoms with Gasteiger partial charge in [0, 0.05) is 19.6 Å². The molecular formula is C12H18N8. The standard InChI is InChI=1S/C12H18N8/c1-3-6-19(9-4-5-9)11-16-10(13-2)17-12(18-11)20-8-14-7-15-20/h7-9H,3-6H2,1-2H3,(H,13,16,17,18). The second-order valence-electron chi connectivity index (χ2n) is 4.77. The molecule has 0 unspecified atom stereocenters. The van der Waals surface area contributed by atoms with Crippen LogP contribution in [-0.4, -0.2) is 49.4 Å². The first kappa shape index (κ1) is 12.8. The summed E-state index contributed by atoms with van der Waals surface area (Å²) in [7, 11) is 1.80. The van der Waals surface area contributed by atoms with Crippen LogP contribution in [0.1, 0.15) is 26.2 Å². The zero-order chi connectivity index (χ0) is 13.9. The molecule has 8 nitrogen and oxygen atoms in total. The van der Waals surface area contributed by atoms with Crippen LogP contribution < -0.4 is 10.2 Å². The van der Waals surface area contributed by atoms with Crippen molar-refractivity contribution in [3.05, 3.63) is 12.7 Å². The number of hydrogen-bond donors (Lipinski definition) is 1. The fraction of sp³-hybridized carbons (Fsp3) is 0.583. The molecule has 2 heterocycles. The molecule has 106 valence electrons. The van der Waals surface area contributed by atoms with Gasteiger partial charge in [0.25, 0.3) is 5.95 Å². The summed E-state index contributed by atoms with van der Waals surface area (Å²) < 4.78 is 1.54. The smallest absolute Gasteiger partial charge is 0.258 e. The number of nitrogens with one attached hydrogen (secondary N) is 1. The highest BCUT2D eigenvalue weighted by Gasteiger charge is 2.31. The van der Waals surface area contributed by atoms with Gasteiger partial charge in [-0.05, 0) is 19.3 Å². The average molecular weight is 274 g/mol. The van der Waals surface area contributed by atoms with E-state index in [-0.39, 0.29) is 0 Å². The highest BCUT2D eigenvalue weighted by atomic mass is 15.4. The summed E-state index contributed by atoms with van der Waals surface area (Å²) in [5, 5.41) is 7.05. The Bertz CT molecular complexity index is 563. The van der Waals surface area contributed by atoms with Crippen LogP contribution in [0.25, 0.3) is 5.95 Å². The first-order valence-electron chi connectivity index (χ1n) is 6.87. The SMILES string of the molecule is CCCN(c1nc(NC)nc(-n2cncn2)n1)C1CC1. The summed E-state index contributed by atoms with van der Waals surface area (Å²) >= 11 is 0. The molecule has 0 amide bonds. The van der Waals surface area contributed by atoms with Crippen LogP contribution in [-0.2, 0) is 0 Å². The Kier molecular flexibility index (Phi) is 3.44. The van der Waals surface area contributed by atoms with Gasteiger partial charge in [0.05, 0.1) is 0 Å². The van der Waals surface area contributed by atoms with Gasteiger partial charge in [-0.2, -0.15) is 24.7 Å². The van der Waals surface area contributed by atoms with E-state index in [4.69, 9.17) is 0 Å². The summed E-state index contributed by atoms with van der Waals surface area (Å²) in [6.45, 7) is 3.11. The normalized spacial score (nSPS) is 14.3. The number of hydrogen-bond acceptors (Lipinski definition) is 7. The van der Waals surface area contributed by atoms with E-state index in [0.29, 0.717) is 23.9 Å². The van der Waals surface area contributed by atoms with E-state index in [0.717, 1.165) is 13.0 Å². The van der Waals surface area contributed by atoms with Gasteiger partial charge in [0.1, 0.15) is 12.7 Å². The Morgan fingerprint density at radius 1 is 1.35 bits per heavy atom. The molecule has 0 aromatic carbocycles. The first-order valence-corrected chi connectivity index (χ1v) is 6.87. The van der Waals surface area contributed by atoms with Gasteiger partial charge in [-0.3, -0.25) is 0 Å². The largest absolute Gasteiger partial charge is 0.357 e. The van der Waals surface area contributed by atoms with E-state index in [9.17, 15) is 0 Å². The zero-order valence-corrected chi connectivity index (χ0v) is 11.7. The topological polar surface area (TPSA) is 84.7 Å². The maximum atomic E-state index is 4.53. The number of aromatic nitrogens is 6. The van der Waals surface area contributed by atoms with E-state index in [1.807, 2.05) is 0 Å². The van der Waals surface area contributed by atoms with Gasteiger partial charge in [-0.25, -0.2) is 4.98 Å². The van der Waals surface area contributed by atoms with Crippen LogP contribution in [0.5, 0.6) is 0 Å². The van der Waals surface area contributed by atoms with Gasteiger partial charge in [-0.1, -0.05) is 6.92 Å². The molecule has 0 saturated heterocycles. The predicted molar refractivity (Wildman–Crippen MR) is 74.9 cm³/mol. The minimum atomic E-state index is 0.485. The van der Waals surface area contributed by atoms with Gasteiger partial charge < -0.3 is 10.2 Å². The second kappa shape index (κ2) is 5.40. The first-order chi connectivity index (χ1) is 9.81. The molecule has 2 aromatic heterocycles. The van der Waals surface area contributed by atoms with Crippen molar-refractivity contribution < 1.29 is 0 Å². The minimum absolute atomic E-state index is 0.485. The highest BCUT2D eigenvalue weighted by molar-refractivity contribution is 5.41. The molecule has 0 atom stereocenters. The Balaban J connectivity index is 1.98. The minimum Gasteiger partial charge on any atom is -0.357 e. The van der Waals surface area contributed by atoms with E-state index in [1.54, 1.807) is 18.1 Å². The molecule has 0 aliphatic heterocycles. The van der Waals surface area contributed by atoms with Gasteiger partial charge in [-0.15, -0.1) is 0 Å². The molecule has 8 heteroatoms. The third-order valence-corrected chi connectivity index (χ3v) is 3.17. The van der Waals surface area contributed by atoms with E-state index >= 15 is 0 Å². The molecule has 1 saturated carbocycles. The van der Waals surface area contributed by atoms with Crippen molar-refractivity contribution in [1.29, 1.82) is 0 Å². The van der Waals surface area contributed by atoms with Gasteiger partial charge in [0.2, 0.25) is 11.9 Å². The fourth-order valence-corrected chi connectivity index (χ4v) is 2.08. The van der Waals surface area contributed by atoms with Gasteiger partial charge >= 0.3 is 0 Å². The summed E-state index contributed by atoms with van der Waals surface area (Å²) in [6, 6.07) is 0.561. The molecule has 0 spiro atoms. The number of rotatable bonds is 6. The van der Waals surface area contributed by atoms with Crippen molar-refractivity contribution in [3.8, 4) is 5.95 Å². The lowest BCUT2D eigenvalue weighted by Gasteiger charge is -2.22. The summed E-state index contributed by atoms with van der Waals surface area (Å²) in [4.78, 5) is 19.5. The third-order valence-electron chi connectivity index (χ3n) is 3.17. The van der Waals surface area contributed by atoms with Crippen LogP contribution in [0.2, 0.25) is 0 Å². The van der Waals surface area contributed by atoms with Crippen molar-refractivity contribution in [1.82, 2.24) is 29.7 Å². The lowest BCUT2D eigenvalue weighted by molar-refractivity contribution is 0.716. The lowest BCUT2D eigenvalue weighted by Crippen LogP contribution is -2.29. The summed E-state index contributed by atoms with van der Waals surface area (Å²) in [6.07, 6.45) is 6.53. The van der Waals surface area contributed by atoms with Crippen LogP contribution in [0.4, 0.5) is 11.9 Å². The molecule has 0 radical (unpaired) electrons. The summed E-state index contributed by atoms with van der Waals surface area (Å²) in [5.41, 5.74) is 0. The quantitative estimate of drug-likeness (QED) is 0.836. The van der Waals surface area contributed by atoms with Crippen LogP contribution in [0, 0.1) is 0 Å². The Morgan fingerprint density at radius 2 is 2.20 bits per heavy atom. The maximum absolute atomic E-state index is 4.53. The highest BCUT2D eigenvalue weighted by Crippen LogP contribution is 2.30. The molecule has 20 heavy (non-hydrogen) atoms. The lowest BCUT2D eigenvalue weighted by atomic mass is 10.4. The van der Waals surface area contributed by atoms with Crippen LogP contribution in [0.15, 0.2) is 12.7 Å². The molecule has 1 aliphatic carbocycles. The monoisotopic (exact) mass is 274 g/mol. The zero-order valence-electron chi connectivity index (χ0n) is 11.7. The molecular weight excluding hydrogens is 256 g/mol. The van der Waals surface area contributed by atoms with Crippen LogP contribution in [0.3, 0.4) is 0 Å². The van der Waals surface area contributed by atoms with Crippen molar-refractivity contribution in [2.45, 2.75) is 32.2 Å². The molecule has 1 fully saturated rings. The summed E-state index contributed by atoms with van der Waals surface area (Å²) in [5.74, 6) is 1.74. The second-order valence-corrected chi connectivity index (χ2v) is 4.77. The Morgan fingerprint density at radius 3 is 2.80 bits per heavy atom. The average Bonchev–Trinajstić information content (AvgIpc) is 3.17. The van der Waals surface area contributed by atoms with Gasteiger partial charge in [0.15, 0.2) is 0 Å². The van der Waals surface area contributed by atoms with Crippen molar-refractivity contribution in [2.75, 3.05) is 23.8 Å². The third kappa shape index (κ3) is 2.54. The van der Waals surface area contributed by atoms with Crippen molar-refractivity contribution in [2.24, 2.45) is 0 Å². The molecule has 1 aliphatic rings. The van der Waals surface area contributed by atoms with E-state index in [2.05, 4.69) is 42.2 Å². The Hall–Kier alpha value is -2.25. The number of nitrogens with zero attached hydrogens (tertiary/aromatic N) is 7. The fourth-order valence-electron chi connectivity index (χ4n) is 2.08. The predicted octanol–water partition coefficient (Wildman–Crippen LogP) is 0.873. The Labute approximate surface area is 117 Å². The van der Waals surface area contributed by atoms with E-state index in [1.165, 1.54) is 19.2 Å². The molecule has 1 N–H and O–H groups in total. The van der Waals surface area contributed by atoms with Crippen LogP contribution >= 0.6 is 0 Å². The number of anilines is 2.